The molecule has 2 unspecified atom stereocenters. The van der Waals surface area contributed by atoms with E-state index in [1.807, 2.05) is 30.9 Å². The molecule has 0 radical (unpaired) electrons. The first-order valence-corrected chi connectivity index (χ1v) is 12.8. The Bertz CT molecular complexity index is 1530. The Labute approximate surface area is 222 Å². The van der Waals surface area contributed by atoms with Crippen molar-refractivity contribution < 1.29 is 18.0 Å². The molecule has 39 heavy (non-hydrogen) atoms. The fourth-order valence-corrected chi connectivity index (χ4v) is 5.64. The number of alkyl halides is 3. The molecule has 202 valence electrons. The first-order valence-electron chi connectivity index (χ1n) is 12.8. The van der Waals surface area contributed by atoms with Crippen molar-refractivity contribution in [1.82, 2.24) is 35.2 Å². The number of carbonyl (C=O) groups excluding carboxylic acids is 1. The number of likely N-dealkylation sites (tertiary alicyclic amines) is 1. The van der Waals surface area contributed by atoms with Crippen molar-refractivity contribution in [2.75, 3.05) is 11.9 Å². The summed E-state index contributed by atoms with van der Waals surface area (Å²) >= 11 is 0. The number of benzene rings is 2. The number of hydrogen-bond donors (Lipinski definition) is 2. The Balaban J connectivity index is 1.17. The van der Waals surface area contributed by atoms with Crippen LogP contribution in [0, 0.1) is 13.8 Å². The van der Waals surface area contributed by atoms with Crippen LogP contribution in [-0.2, 0) is 13.1 Å². The largest absolute Gasteiger partial charge is 0.408 e. The van der Waals surface area contributed by atoms with Gasteiger partial charge in [-0.1, -0.05) is 11.3 Å². The Morgan fingerprint density at radius 1 is 1.10 bits per heavy atom. The maximum atomic E-state index is 14.2. The van der Waals surface area contributed by atoms with Crippen molar-refractivity contribution in [2.24, 2.45) is 0 Å². The van der Waals surface area contributed by atoms with Crippen molar-refractivity contribution in [2.45, 2.75) is 58.0 Å². The fourth-order valence-electron chi connectivity index (χ4n) is 5.64. The van der Waals surface area contributed by atoms with Gasteiger partial charge in [-0.3, -0.25) is 14.8 Å². The van der Waals surface area contributed by atoms with Crippen LogP contribution in [0.4, 0.5) is 24.8 Å². The minimum absolute atomic E-state index is 0.00255. The van der Waals surface area contributed by atoms with Gasteiger partial charge >= 0.3 is 6.18 Å². The molecule has 4 aromatic rings. The lowest BCUT2D eigenvalue weighted by atomic mass is 9.94. The number of H-pyrrole nitrogens is 1. The van der Waals surface area contributed by atoms with Crippen LogP contribution >= 0.6 is 0 Å². The molecule has 0 bridgehead atoms. The summed E-state index contributed by atoms with van der Waals surface area (Å²) in [4.78, 5) is 25.2. The smallest absolute Gasteiger partial charge is 0.326 e. The van der Waals surface area contributed by atoms with Gasteiger partial charge in [-0.15, -0.1) is 5.10 Å². The maximum absolute atomic E-state index is 14.2. The maximum Gasteiger partial charge on any atom is 0.408 e. The minimum Gasteiger partial charge on any atom is -0.326 e. The number of fused-ring (bicyclic) bond motifs is 2. The van der Waals surface area contributed by atoms with E-state index in [2.05, 4.69) is 36.8 Å². The molecule has 4 heterocycles. The zero-order valence-corrected chi connectivity index (χ0v) is 21.5. The van der Waals surface area contributed by atoms with Crippen molar-refractivity contribution in [3.63, 3.8) is 0 Å². The highest BCUT2D eigenvalue weighted by atomic mass is 19.4. The lowest BCUT2D eigenvalue weighted by Gasteiger charge is -2.43. The van der Waals surface area contributed by atoms with Gasteiger partial charge in [0.2, 0.25) is 5.95 Å². The lowest BCUT2D eigenvalue weighted by molar-refractivity contribution is -0.188. The third-order valence-electron chi connectivity index (χ3n) is 7.46. The van der Waals surface area contributed by atoms with Crippen molar-refractivity contribution in [3.05, 3.63) is 70.5 Å². The summed E-state index contributed by atoms with van der Waals surface area (Å²) in [5, 5.41) is 13.5. The monoisotopic (exact) mass is 536 g/mol. The first kappa shape index (κ1) is 25.2. The molecule has 2 atom stereocenters. The Morgan fingerprint density at radius 2 is 1.90 bits per heavy atom. The van der Waals surface area contributed by atoms with Crippen LogP contribution < -0.4 is 5.32 Å². The summed E-state index contributed by atoms with van der Waals surface area (Å²) in [5.74, 6) is -0.198. The zero-order valence-electron chi connectivity index (χ0n) is 21.5. The molecule has 1 amide bonds. The molecule has 12 heteroatoms. The molecule has 2 aliphatic heterocycles. The van der Waals surface area contributed by atoms with E-state index < -0.39 is 18.1 Å². The van der Waals surface area contributed by atoms with Gasteiger partial charge in [-0.25, -0.2) is 9.97 Å². The van der Waals surface area contributed by atoms with Crippen molar-refractivity contribution in [3.8, 4) is 0 Å². The predicted molar refractivity (Wildman–Crippen MR) is 138 cm³/mol. The molecular weight excluding hydrogens is 509 g/mol. The molecule has 0 spiro atoms. The molecule has 1 saturated heterocycles. The van der Waals surface area contributed by atoms with E-state index in [4.69, 9.17) is 0 Å². The topological polar surface area (TPSA) is 103 Å². The first-order chi connectivity index (χ1) is 18.6. The summed E-state index contributed by atoms with van der Waals surface area (Å²) in [6.07, 6.45) is -2.58. The molecule has 9 nitrogen and oxygen atoms in total. The minimum atomic E-state index is -4.55. The van der Waals surface area contributed by atoms with Gasteiger partial charge < -0.3 is 10.2 Å². The second kappa shape index (κ2) is 9.60. The number of nitrogens with one attached hydrogen (secondary N) is 2. The number of aromatic amines is 1. The van der Waals surface area contributed by atoms with E-state index in [0.29, 0.717) is 36.5 Å². The zero-order chi connectivity index (χ0) is 27.3. The van der Waals surface area contributed by atoms with Crippen LogP contribution in [0.2, 0.25) is 0 Å². The summed E-state index contributed by atoms with van der Waals surface area (Å²) in [5.41, 5.74) is 6.04. The van der Waals surface area contributed by atoms with Gasteiger partial charge in [0.25, 0.3) is 5.91 Å². The molecule has 2 aliphatic rings. The number of rotatable bonds is 4. The average molecular weight is 537 g/mol. The molecule has 0 saturated carbocycles. The van der Waals surface area contributed by atoms with Crippen molar-refractivity contribution >= 4 is 28.6 Å². The number of carbonyl (C=O) groups is 1. The predicted octanol–water partition coefficient (Wildman–Crippen LogP) is 4.66. The second-order valence-corrected chi connectivity index (χ2v) is 10.3. The molecular formula is C27H27F3N8O. The van der Waals surface area contributed by atoms with Crippen LogP contribution in [0.3, 0.4) is 0 Å². The van der Waals surface area contributed by atoms with Gasteiger partial charge in [-0.05, 0) is 68.1 Å². The third-order valence-corrected chi connectivity index (χ3v) is 7.46. The number of halogens is 3. The lowest BCUT2D eigenvalue weighted by Crippen LogP contribution is -2.56. The number of piperidine rings is 1. The van der Waals surface area contributed by atoms with Gasteiger partial charge in [0, 0.05) is 48.7 Å². The Morgan fingerprint density at radius 3 is 2.67 bits per heavy atom. The molecule has 6 rings (SSSR count). The van der Waals surface area contributed by atoms with E-state index >= 15 is 0 Å². The Kier molecular flexibility index (Phi) is 6.21. The number of aromatic nitrogens is 5. The normalized spacial score (nSPS) is 19.9. The van der Waals surface area contributed by atoms with Crippen LogP contribution in [0.1, 0.15) is 45.6 Å². The molecule has 1 fully saturated rings. The second-order valence-electron chi connectivity index (χ2n) is 10.3. The molecule has 2 aromatic heterocycles. The van der Waals surface area contributed by atoms with Crippen molar-refractivity contribution in [1.29, 1.82) is 0 Å². The van der Waals surface area contributed by atoms with Crippen LogP contribution in [0.15, 0.2) is 42.6 Å². The Hall–Kier alpha value is -4.06. The number of amides is 1. The van der Waals surface area contributed by atoms with Gasteiger partial charge in [0.1, 0.15) is 11.6 Å². The molecule has 2 aromatic carbocycles. The third kappa shape index (κ3) is 5.03. The van der Waals surface area contributed by atoms with Gasteiger partial charge in [0.15, 0.2) is 0 Å². The number of hydrogen-bond acceptors (Lipinski definition) is 7. The highest BCUT2D eigenvalue weighted by Gasteiger charge is 2.50. The highest BCUT2D eigenvalue weighted by molar-refractivity contribution is 5.97. The average Bonchev–Trinajstić information content (AvgIpc) is 3.53. The fraction of sp³-hybridized carbons (Fsp3) is 0.370. The van der Waals surface area contributed by atoms with E-state index in [1.165, 1.54) is 12.1 Å². The summed E-state index contributed by atoms with van der Waals surface area (Å²) in [6, 6.07) is 8.44. The molecule has 0 aliphatic carbocycles. The standard InChI is InChI=1S/C27H27F3N8O/c1-15-7-16(2)9-19(8-15)32-26-31-12-18-13-37(14-23(18)33-26)20-5-6-38(24(11-20)27(28,29)30)25(39)17-3-4-21-22(10-17)35-36-34-21/h3-4,7-10,12,20,24H,5-6,11,13-14H2,1-2H3,(H,31,32,33)(H,34,35,36). The summed E-state index contributed by atoms with van der Waals surface area (Å²) in [6.45, 7) is 4.95. The summed E-state index contributed by atoms with van der Waals surface area (Å²) in [7, 11) is 0. The van der Waals surface area contributed by atoms with E-state index in [1.54, 1.807) is 12.3 Å². The van der Waals surface area contributed by atoms with Gasteiger partial charge in [0.05, 0.1) is 11.2 Å². The van der Waals surface area contributed by atoms with E-state index in [0.717, 1.165) is 33.0 Å². The van der Waals surface area contributed by atoms with E-state index in [-0.39, 0.29) is 24.6 Å². The number of anilines is 2. The number of nitrogens with zero attached hydrogens (tertiary/aromatic N) is 6. The number of aryl methyl sites for hydroxylation is 2. The van der Waals surface area contributed by atoms with Crippen LogP contribution in [0.5, 0.6) is 0 Å². The molecule has 2 N–H and O–H groups in total. The SMILES string of the molecule is Cc1cc(C)cc(Nc2ncc3c(n2)CN(C2CCN(C(=O)c4ccc5[nH]nnc5c4)C(C(F)(F)F)C2)C3)c1. The highest BCUT2D eigenvalue weighted by Crippen LogP contribution is 2.37. The summed E-state index contributed by atoms with van der Waals surface area (Å²) < 4.78 is 42.7. The van der Waals surface area contributed by atoms with Crippen LogP contribution in [0.25, 0.3) is 11.0 Å². The quantitative estimate of drug-likeness (QED) is 0.391. The van der Waals surface area contributed by atoms with Gasteiger partial charge in [-0.2, -0.15) is 13.2 Å². The van der Waals surface area contributed by atoms with E-state index in [9.17, 15) is 18.0 Å². The van der Waals surface area contributed by atoms with Crippen LogP contribution in [-0.4, -0.2) is 65.9 Å².